The van der Waals surface area contributed by atoms with Gasteiger partial charge in [0.25, 0.3) is 0 Å². The number of hydrogen-bond acceptors (Lipinski definition) is 2. The van der Waals surface area contributed by atoms with E-state index >= 15 is 0 Å². The summed E-state index contributed by atoms with van der Waals surface area (Å²) in [7, 11) is 0. The van der Waals surface area contributed by atoms with Crippen LogP contribution in [0.25, 0.3) is 0 Å². The highest BCUT2D eigenvalue weighted by Gasteiger charge is 2.41. The van der Waals surface area contributed by atoms with Crippen LogP contribution >= 0.6 is 0 Å². The Hall–Kier alpha value is -0.570. The zero-order valence-electron chi connectivity index (χ0n) is 12.0. The van der Waals surface area contributed by atoms with Crippen molar-refractivity contribution in [3.05, 3.63) is 0 Å². The van der Waals surface area contributed by atoms with Gasteiger partial charge in [-0.2, -0.15) is 0 Å². The van der Waals surface area contributed by atoms with Crippen LogP contribution in [0.5, 0.6) is 0 Å². The van der Waals surface area contributed by atoms with Crippen LogP contribution in [0.2, 0.25) is 0 Å². The van der Waals surface area contributed by atoms with E-state index in [-0.39, 0.29) is 5.91 Å². The maximum Gasteiger partial charge on any atom is 0.234 e. The standard InChI is InChI=1S/C16H28N2O/c19-15(18-14-5-3-1-2-4-6-14)11-17-16(12-7-8-12)13-9-10-13/h12-14,16-17H,1-11H2,(H,18,19). The summed E-state index contributed by atoms with van der Waals surface area (Å²) >= 11 is 0. The molecule has 0 unspecified atom stereocenters. The van der Waals surface area contributed by atoms with Gasteiger partial charge in [-0.05, 0) is 50.4 Å². The summed E-state index contributed by atoms with van der Waals surface area (Å²) in [6.07, 6.45) is 13.1. The Morgan fingerprint density at radius 3 is 2.00 bits per heavy atom. The highest BCUT2D eigenvalue weighted by atomic mass is 16.2. The number of hydrogen-bond donors (Lipinski definition) is 2. The highest BCUT2D eigenvalue weighted by molar-refractivity contribution is 5.78. The molecule has 0 radical (unpaired) electrons. The summed E-state index contributed by atoms with van der Waals surface area (Å²) in [5.41, 5.74) is 0. The first-order chi connectivity index (χ1) is 9.33. The van der Waals surface area contributed by atoms with E-state index in [1.165, 1.54) is 64.2 Å². The van der Waals surface area contributed by atoms with Gasteiger partial charge in [-0.3, -0.25) is 4.79 Å². The van der Waals surface area contributed by atoms with Crippen LogP contribution in [0.3, 0.4) is 0 Å². The lowest BCUT2D eigenvalue weighted by atomic mass is 10.1. The monoisotopic (exact) mass is 264 g/mol. The molecular weight excluding hydrogens is 236 g/mol. The largest absolute Gasteiger partial charge is 0.352 e. The fraction of sp³-hybridized carbons (Fsp3) is 0.938. The van der Waals surface area contributed by atoms with Gasteiger partial charge in [0.1, 0.15) is 0 Å². The molecule has 0 aromatic heterocycles. The van der Waals surface area contributed by atoms with Gasteiger partial charge < -0.3 is 10.6 Å². The van der Waals surface area contributed by atoms with Crippen molar-refractivity contribution < 1.29 is 4.79 Å². The molecular formula is C16H28N2O. The fourth-order valence-electron chi connectivity index (χ4n) is 3.54. The molecule has 3 fully saturated rings. The molecule has 3 nitrogen and oxygen atoms in total. The van der Waals surface area contributed by atoms with Gasteiger partial charge in [0.15, 0.2) is 0 Å². The first-order valence-corrected chi connectivity index (χ1v) is 8.35. The number of carbonyl (C=O) groups excluding carboxylic acids is 1. The van der Waals surface area contributed by atoms with Crippen LogP contribution in [-0.4, -0.2) is 24.5 Å². The molecule has 19 heavy (non-hydrogen) atoms. The van der Waals surface area contributed by atoms with Crippen LogP contribution < -0.4 is 10.6 Å². The molecule has 0 aromatic carbocycles. The van der Waals surface area contributed by atoms with E-state index in [9.17, 15) is 4.79 Å². The molecule has 1 amide bonds. The molecule has 0 saturated heterocycles. The molecule has 3 heteroatoms. The minimum absolute atomic E-state index is 0.221. The summed E-state index contributed by atoms with van der Waals surface area (Å²) in [6.45, 7) is 0.536. The molecule has 0 atom stereocenters. The number of nitrogens with one attached hydrogen (secondary N) is 2. The number of rotatable bonds is 6. The van der Waals surface area contributed by atoms with Crippen molar-refractivity contribution in [2.24, 2.45) is 11.8 Å². The van der Waals surface area contributed by atoms with Gasteiger partial charge >= 0.3 is 0 Å². The number of carbonyl (C=O) groups is 1. The van der Waals surface area contributed by atoms with E-state index in [1.54, 1.807) is 0 Å². The van der Waals surface area contributed by atoms with Crippen molar-refractivity contribution >= 4 is 5.91 Å². The summed E-state index contributed by atoms with van der Waals surface area (Å²) in [4.78, 5) is 12.0. The lowest BCUT2D eigenvalue weighted by Gasteiger charge is -2.20. The van der Waals surface area contributed by atoms with Crippen LogP contribution in [-0.2, 0) is 4.79 Å². The Morgan fingerprint density at radius 2 is 1.47 bits per heavy atom. The molecule has 0 spiro atoms. The second kappa shape index (κ2) is 6.25. The first kappa shape index (κ1) is 13.4. The van der Waals surface area contributed by atoms with Gasteiger partial charge in [-0.15, -0.1) is 0 Å². The molecule has 2 N–H and O–H groups in total. The van der Waals surface area contributed by atoms with Crippen LogP contribution in [0.4, 0.5) is 0 Å². The summed E-state index contributed by atoms with van der Waals surface area (Å²) < 4.78 is 0. The lowest BCUT2D eigenvalue weighted by molar-refractivity contribution is -0.121. The normalized spacial score (nSPS) is 25.3. The SMILES string of the molecule is O=C(CNC(C1CC1)C1CC1)NC1CCCCCC1. The Bertz CT molecular complexity index is 290. The quantitative estimate of drug-likeness (QED) is 0.724. The molecule has 3 aliphatic carbocycles. The molecule has 0 heterocycles. The van der Waals surface area contributed by atoms with Crippen molar-refractivity contribution in [3.63, 3.8) is 0 Å². The molecule has 0 aliphatic heterocycles. The second-order valence-electron chi connectivity index (χ2n) is 6.84. The molecule has 3 saturated carbocycles. The summed E-state index contributed by atoms with van der Waals surface area (Å²) in [5, 5.41) is 6.77. The van der Waals surface area contributed by atoms with E-state index in [0.717, 1.165) is 11.8 Å². The molecule has 0 bridgehead atoms. The van der Waals surface area contributed by atoms with E-state index in [2.05, 4.69) is 10.6 Å². The predicted molar refractivity (Wildman–Crippen MR) is 76.9 cm³/mol. The minimum Gasteiger partial charge on any atom is -0.352 e. The average Bonchev–Trinajstić information content (AvgIpc) is 3.26. The maximum absolute atomic E-state index is 12.0. The molecule has 108 valence electrons. The van der Waals surface area contributed by atoms with Crippen LogP contribution in [0.15, 0.2) is 0 Å². The predicted octanol–water partition coefficient (Wildman–Crippen LogP) is 2.60. The Labute approximate surface area is 116 Å². The third kappa shape index (κ3) is 4.20. The van der Waals surface area contributed by atoms with Crippen molar-refractivity contribution in [1.82, 2.24) is 10.6 Å². The first-order valence-electron chi connectivity index (χ1n) is 8.35. The van der Waals surface area contributed by atoms with Gasteiger partial charge in [0.05, 0.1) is 6.54 Å². The summed E-state index contributed by atoms with van der Waals surface area (Å²) in [6, 6.07) is 1.08. The van der Waals surface area contributed by atoms with E-state index in [0.29, 0.717) is 18.6 Å². The summed E-state index contributed by atoms with van der Waals surface area (Å²) in [5.74, 6) is 1.97. The van der Waals surface area contributed by atoms with Crippen LogP contribution in [0, 0.1) is 11.8 Å². The van der Waals surface area contributed by atoms with Gasteiger partial charge in [0, 0.05) is 12.1 Å². The average molecular weight is 264 g/mol. The van der Waals surface area contributed by atoms with Gasteiger partial charge in [-0.25, -0.2) is 0 Å². The van der Waals surface area contributed by atoms with E-state index < -0.39 is 0 Å². The van der Waals surface area contributed by atoms with Gasteiger partial charge in [0.2, 0.25) is 5.91 Å². The molecule has 3 aliphatic rings. The highest BCUT2D eigenvalue weighted by Crippen LogP contribution is 2.44. The minimum atomic E-state index is 0.221. The third-order valence-electron chi connectivity index (χ3n) is 4.98. The van der Waals surface area contributed by atoms with Crippen molar-refractivity contribution in [2.45, 2.75) is 76.3 Å². The van der Waals surface area contributed by atoms with Crippen molar-refractivity contribution in [3.8, 4) is 0 Å². The Balaban J connectivity index is 1.37. The van der Waals surface area contributed by atoms with E-state index in [1.807, 2.05) is 0 Å². The Kier molecular flexibility index (Phi) is 4.42. The smallest absolute Gasteiger partial charge is 0.234 e. The topological polar surface area (TPSA) is 41.1 Å². The lowest BCUT2D eigenvalue weighted by Crippen LogP contribution is -2.44. The Morgan fingerprint density at radius 1 is 0.895 bits per heavy atom. The van der Waals surface area contributed by atoms with E-state index in [4.69, 9.17) is 0 Å². The molecule has 3 rings (SSSR count). The maximum atomic E-state index is 12.0. The number of amides is 1. The second-order valence-corrected chi connectivity index (χ2v) is 6.84. The third-order valence-corrected chi connectivity index (χ3v) is 4.98. The zero-order chi connectivity index (χ0) is 13.1. The van der Waals surface area contributed by atoms with Crippen molar-refractivity contribution in [2.75, 3.05) is 6.54 Å². The van der Waals surface area contributed by atoms with Crippen LogP contribution in [0.1, 0.15) is 64.2 Å². The zero-order valence-corrected chi connectivity index (χ0v) is 12.0. The van der Waals surface area contributed by atoms with Crippen molar-refractivity contribution in [1.29, 1.82) is 0 Å². The molecule has 0 aromatic rings. The fourth-order valence-corrected chi connectivity index (χ4v) is 3.54. The van der Waals surface area contributed by atoms with Gasteiger partial charge in [-0.1, -0.05) is 25.7 Å².